The number of carbonyl (C=O) groups is 1. The molecule has 0 radical (unpaired) electrons. The van der Waals surface area contributed by atoms with E-state index in [1.165, 1.54) is 5.56 Å². The Balaban J connectivity index is 2.04. The maximum atomic E-state index is 12.4. The van der Waals surface area contributed by atoms with E-state index in [1.807, 2.05) is 24.3 Å². The Kier molecular flexibility index (Phi) is 6.82. The van der Waals surface area contributed by atoms with Gasteiger partial charge < -0.3 is 10.1 Å². The van der Waals surface area contributed by atoms with Crippen LogP contribution in [0, 0.1) is 0 Å². The summed E-state index contributed by atoms with van der Waals surface area (Å²) in [5.74, 6) is 0.594. The number of benzene rings is 2. The van der Waals surface area contributed by atoms with Crippen LogP contribution in [0.2, 0.25) is 0 Å². The number of amides is 1. The maximum absolute atomic E-state index is 12.4. The lowest BCUT2D eigenvalue weighted by Crippen LogP contribution is -2.26. The van der Waals surface area contributed by atoms with Gasteiger partial charge in [-0.2, -0.15) is 0 Å². The molecule has 0 heterocycles. The zero-order valence-electron chi connectivity index (χ0n) is 14.7. The van der Waals surface area contributed by atoms with E-state index in [-0.39, 0.29) is 5.91 Å². The summed E-state index contributed by atoms with van der Waals surface area (Å²) in [6.07, 6.45) is 0. The number of carbonyl (C=O) groups excluding carboxylic acids is 1. The molecule has 0 aromatic heterocycles. The number of ether oxygens (including phenoxy) is 1. The summed E-state index contributed by atoms with van der Waals surface area (Å²) in [7, 11) is 1.60. The van der Waals surface area contributed by atoms with Gasteiger partial charge in [-0.05, 0) is 42.4 Å². The van der Waals surface area contributed by atoms with Crippen molar-refractivity contribution >= 4 is 5.91 Å². The Morgan fingerprint density at radius 1 is 1.04 bits per heavy atom. The van der Waals surface area contributed by atoms with Gasteiger partial charge in [-0.15, -0.1) is 0 Å². The van der Waals surface area contributed by atoms with E-state index >= 15 is 0 Å². The lowest BCUT2D eigenvalue weighted by atomic mass is 10.1. The lowest BCUT2D eigenvalue weighted by Gasteiger charge is -2.20. The number of hydrogen-bond donors (Lipinski definition) is 1. The van der Waals surface area contributed by atoms with Gasteiger partial charge in [-0.3, -0.25) is 9.69 Å². The molecule has 1 N–H and O–H groups in total. The third kappa shape index (κ3) is 4.83. The fourth-order valence-electron chi connectivity index (χ4n) is 2.61. The van der Waals surface area contributed by atoms with Crippen molar-refractivity contribution in [1.82, 2.24) is 10.2 Å². The molecule has 4 nitrogen and oxygen atoms in total. The predicted octanol–water partition coefficient (Wildman–Crippen LogP) is 3.47. The minimum Gasteiger partial charge on any atom is -0.497 e. The van der Waals surface area contributed by atoms with Crippen LogP contribution in [0.4, 0.5) is 0 Å². The molecule has 0 atom stereocenters. The van der Waals surface area contributed by atoms with Crippen LogP contribution in [0.25, 0.3) is 0 Å². The second-order valence-corrected chi connectivity index (χ2v) is 5.64. The van der Waals surface area contributed by atoms with Crippen LogP contribution in [0.1, 0.15) is 35.3 Å². The fraction of sp³-hybridized carbons (Fsp3) is 0.350. The van der Waals surface area contributed by atoms with Gasteiger partial charge in [0.2, 0.25) is 0 Å². The summed E-state index contributed by atoms with van der Waals surface area (Å²) in [5, 5.41) is 3.00. The second-order valence-electron chi connectivity index (χ2n) is 5.64. The van der Waals surface area contributed by atoms with Crippen molar-refractivity contribution in [3.63, 3.8) is 0 Å². The first-order chi connectivity index (χ1) is 11.7. The number of nitrogens with zero attached hydrogens (tertiary/aromatic N) is 1. The van der Waals surface area contributed by atoms with Gasteiger partial charge >= 0.3 is 0 Å². The molecule has 0 unspecified atom stereocenters. The first kappa shape index (κ1) is 18.0. The molecule has 4 heteroatoms. The normalized spacial score (nSPS) is 10.7. The molecule has 0 aliphatic heterocycles. The van der Waals surface area contributed by atoms with E-state index in [0.717, 1.165) is 25.2 Å². The second kappa shape index (κ2) is 9.08. The summed E-state index contributed by atoms with van der Waals surface area (Å²) in [6, 6.07) is 15.5. The van der Waals surface area contributed by atoms with E-state index in [4.69, 9.17) is 4.74 Å². The molecule has 0 saturated heterocycles. The van der Waals surface area contributed by atoms with E-state index in [2.05, 4.69) is 36.2 Å². The number of hydrogen-bond acceptors (Lipinski definition) is 3. The monoisotopic (exact) mass is 326 g/mol. The van der Waals surface area contributed by atoms with E-state index in [0.29, 0.717) is 17.9 Å². The zero-order valence-corrected chi connectivity index (χ0v) is 14.7. The Morgan fingerprint density at radius 2 is 1.75 bits per heavy atom. The maximum Gasteiger partial charge on any atom is 0.251 e. The van der Waals surface area contributed by atoms with Crippen LogP contribution in [-0.2, 0) is 13.1 Å². The number of rotatable bonds is 8. The zero-order chi connectivity index (χ0) is 17.4. The Bertz CT molecular complexity index is 666. The SMILES string of the molecule is CCN(CC)Cc1ccccc1CNC(=O)c1cccc(OC)c1. The highest BCUT2D eigenvalue weighted by atomic mass is 16.5. The molecule has 1 amide bonds. The molecule has 2 aromatic carbocycles. The van der Waals surface area contributed by atoms with Crippen molar-refractivity contribution in [3.05, 3.63) is 65.2 Å². The summed E-state index contributed by atoms with van der Waals surface area (Å²) in [5.41, 5.74) is 3.02. The van der Waals surface area contributed by atoms with Gasteiger partial charge in [0, 0.05) is 18.7 Å². The average molecular weight is 326 g/mol. The molecular weight excluding hydrogens is 300 g/mol. The summed E-state index contributed by atoms with van der Waals surface area (Å²) in [4.78, 5) is 14.7. The molecule has 0 fully saturated rings. The van der Waals surface area contributed by atoms with Crippen molar-refractivity contribution in [2.24, 2.45) is 0 Å². The lowest BCUT2D eigenvalue weighted by molar-refractivity contribution is 0.0950. The molecule has 2 rings (SSSR count). The van der Waals surface area contributed by atoms with Gasteiger partial charge in [0.05, 0.1) is 7.11 Å². The highest BCUT2D eigenvalue weighted by Crippen LogP contribution is 2.14. The third-order valence-corrected chi connectivity index (χ3v) is 4.18. The molecule has 0 aliphatic rings. The third-order valence-electron chi connectivity index (χ3n) is 4.18. The van der Waals surface area contributed by atoms with Crippen LogP contribution in [0.5, 0.6) is 5.75 Å². The van der Waals surface area contributed by atoms with E-state index < -0.39 is 0 Å². The molecular formula is C20H26N2O2. The molecule has 0 saturated carbocycles. The minimum absolute atomic E-state index is 0.0912. The Morgan fingerprint density at radius 3 is 2.42 bits per heavy atom. The van der Waals surface area contributed by atoms with Crippen LogP contribution in [0.3, 0.4) is 0 Å². The van der Waals surface area contributed by atoms with Crippen molar-refractivity contribution in [2.45, 2.75) is 26.9 Å². The topological polar surface area (TPSA) is 41.6 Å². The quantitative estimate of drug-likeness (QED) is 0.807. The largest absolute Gasteiger partial charge is 0.497 e. The van der Waals surface area contributed by atoms with Gasteiger partial charge in [-0.1, -0.05) is 44.2 Å². The Labute approximate surface area is 144 Å². The van der Waals surface area contributed by atoms with E-state index in [9.17, 15) is 4.79 Å². The number of methoxy groups -OCH3 is 1. The molecule has 128 valence electrons. The first-order valence-corrected chi connectivity index (χ1v) is 8.39. The van der Waals surface area contributed by atoms with Crippen molar-refractivity contribution in [3.8, 4) is 5.75 Å². The summed E-state index contributed by atoms with van der Waals surface area (Å²) < 4.78 is 5.17. The summed E-state index contributed by atoms with van der Waals surface area (Å²) >= 11 is 0. The van der Waals surface area contributed by atoms with Crippen molar-refractivity contribution < 1.29 is 9.53 Å². The summed E-state index contributed by atoms with van der Waals surface area (Å²) in [6.45, 7) is 7.78. The fourth-order valence-corrected chi connectivity index (χ4v) is 2.61. The van der Waals surface area contributed by atoms with E-state index in [1.54, 1.807) is 19.2 Å². The molecule has 0 spiro atoms. The average Bonchev–Trinajstić information content (AvgIpc) is 2.64. The molecule has 24 heavy (non-hydrogen) atoms. The highest BCUT2D eigenvalue weighted by Gasteiger charge is 2.09. The van der Waals surface area contributed by atoms with Gasteiger partial charge in [0.1, 0.15) is 5.75 Å². The highest BCUT2D eigenvalue weighted by molar-refractivity contribution is 5.94. The molecule has 0 bridgehead atoms. The number of nitrogens with one attached hydrogen (secondary N) is 1. The van der Waals surface area contributed by atoms with Crippen LogP contribution in [-0.4, -0.2) is 31.0 Å². The molecule has 2 aromatic rings. The van der Waals surface area contributed by atoms with Crippen LogP contribution in [0.15, 0.2) is 48.5 Å². The smallest absolute Gasteiger partial charge is 0.251 e. The van der Waals surface area contributed by atoms with Crippen molar-refractivity contribution in [1.29, 1.82) is 0 Å². The minimum atomic E-state index is -0.0912. The van der Waals surface area contributed by atoms with Gasteiger partial charge in [-0.25, -0.2) is 0 Å². The predicted molar refractivity (Wildman–Crippen MR) is 97.2 cm³/mol. The van der Waals surface area contributed by atoms with Crippen LogP contribution >= 0.6 is 0 Å². The molecule has 0 aliphatic carbocycles. The van der Waals surface area contributed by atoms with Gasteiger partial charge in [0.25, 0.3) is 5.91 Å². The van der Waals surface area contributed by atoms with Crippen molar-refractivity contribution in [2.75, 3.05) is 20.2 Å². The Hall–Kier alpha value is -2.33. The first-order valence-electron chi connectivity index (χ1n) is 8.39. The van der Waals surface area contributed by atoms with Gasteiger partial charge in [0.15, 0.2) is 0 Å². The van der Waals surface area contributed by atoms with Crippen LogP contribution < -0.4 is 10.1 Å². The standard InChI is InChI=1S/C20H26N2O2/c1-4-22(5-2)15-18-10-7-6-9-17(18)14-21-20(23)16-11-8-12-19(13-16)24-3/h6-13H,4-5,14-15H2,1-3H3,(H,21,23).